The SMILES string of the molecule is COC(=O)C1CC(N)(C(=O)O)C1. The van der Waals surface area contributed by atoms with E-state index in [-0.39, 0.29) is 24.7 Å². The molecule has 0 aromatic heterocycles. The molecule has 0 heterocycles. The van der Waals surface area contributed by atoms with Crippen LogP contribution in [-0.2, 0) is 14.3 Å². The molecule has 0 atom stereocenters. The molecule has 0 spiro atoms. The van der Waals surface area contributed by atoms with Gasteiger partial charge in [0.25, 0.3) is 0 Å². The van der Waals surface area contributed by atoms with Crippen molar-refractivity contribution in [3.8, 4) is 0 Å². The molecule has 5 heteroatoms. The maximum absolute atomic E-state index is 10.8. The quantitative estimate of drug-likeness (QED) is 0.541. The van der Waals surface area contributed by atoms with E-state index in [2.05, 4.69) is 4.74 Å². The number of carboxylic acid groups (broad SMARTS) is 1. The van der Waals surface area contributed by atoms with Crippen LogP contribution in [0.1, 0.15) is 12.8 Å². The number of carbonyl (C=O) groups excluding carboxylic acids is 1. The highest BCUT2D eigenvalue weighted by atomic mass is 16.5. The summed E-state index contributed by atoms with van der Waals surface area (Å²) in [6, 6.07) is 0. The number of hydrogen-bond donors (Lipinski definition) is 2. The largest absolute Gasteiger partial charge is 0.480 e. The maximum atomic E-state index is 10.8. The van der Waals surface area contributed by atoms with Crippen LogP contribution in [0.15, 0.2) is 0 Å². The Morgan fingerprint density at radius 2 is 2.08 bits per heavy atom. The summed E-state index contributed by atoms with van der Waals surface area (Å²) in [5.41, 5.74) is 4.21. The van der Waals surface area contributed by atoms with Crippen molar-refractivity contribution in [2.45, 2.75) is 18.4 Å². The number of ether oxygens (including phenoxy) is 1. The molecule has 68 valence electrons. The van der Waals surface area contributed by atoms with Crippen LogP contribution in [0.25, 0.3) is 0 Å². The van der Waals surface area contributed by atoms with Crippen molar-refractivity contribution in [2.24, 2.45) is 11.7 Å². The fraction of sp³-hybridized carbons (Fsp3) is 0.714. The predicted molar refractivity (Wildman–Crippen MR) is 39.3 cm³/mol. The number of carbonyl (C=O) groups is 2. The first-order valence-corrected chi connectivity index (χ1v) is 3.60. The average molecular weight is 173 g/mol. The van der Waals surface area contributed by atoms with Gasteiger partial charge in [-0.25, -0.2) is 0 Å². The van der Waals surface area contributed by atoms with Crippen molar-refractivity contribution in [3.63, 3.8) is 0 Å². The standard InChI is InChI=1S/C7H11NO4/c1-12-5(9)4-2-7(8,3-4)6(10)11/h4H,2-3,8H2,1H3,(H,10,11). The lowest BCUT2D eigenvalue weighted by Crippen LogP contribution is -2.59. The average Bonchev–Trinajstić information content (AvgIpc) is 1.96. The summed E-state index contributed by atoms with van der Waals surface area (Å²) in [6.45, 7) is 0. The molecule has 0 aromatic carbocycles. The van der Waals surface area contributed by atoms with Gasteiger partial charge >= 0.3 is 11.9 Å². The predicted octanol–water partition coefficient (Wildman–Crippen LogP) is -0.648. The van der Waals surface area contributed by atoms with E-state index in [0.29, 0.717) is 0 Å². The Morgan fingerprint density at radius 3 is 2.42 bits per heavy atom. The summed E-state index contributed by atoms with van der Waals surface area (Å²) < 4.78 is 4.44. The van der Waals surface area contributed by atoms with Crippen molar-refractivity contribution in [3.05, 3.63) is 0 Å². The van der Waals surface area contributed by atoms with Gasteiger partial charge in [0.1, 0.15) is 5.54 Å². The van der Waals surface area contributed by atoms with Gasteiger partial charge in [-0.2, -0.15) is 0 Å². The highest BCUT2D eigenvalue weighted by Crippen LogP contribution is 2.36. The van der Waals surface area contributed by atoms with Crippen LogP contribution in [-0.4, -0.2) is 29.7 Å². The maximum Gasteiger partial charge on any atom is 0.323 e. The molecule has 1 aliphatic rings. The molecule has 0 bridgehead atoms. The number of carboxylic acids is 1. The first-order chi connectivity index (χ1) is 5.49. The van der Waals surface area contributed by atoms with Gasteiger partial charge in [0.15, 0.2) is 0 Å². The van der Waals surface area contributed by atoms with Gasteiger partial charge < -0.3 is 15.6 Å². The minimum absolute atomic E-state index is 0.176. The number of nitrogens with two attached hydrogens (primary N) is 1. The van der Waals surface area contributed by atoms with E-state index in [9.17, 15) is 9.59 Å². The Hall–Kier alpha value is -1.10. The minimum atomic E-state index is -1.21. The molecule has 1 fully saturated rings. The first-order valence-electron chi connectivity index (χ1n) is 3.60. The smallest absolute Gasteiger partial charge is 0.323 e. The van der Waals surface area contributed by atoms with E-state index in [1.54, 1.807) is 0 Å². The lowest BCUT2D eigenvalue weighted by Gasteiger charge is -2.39. The van der Waals surface area contributed by atoms with Crippen LogP contribution in [0.4, 0.5) is 0 Å². The molecular formula is C7H11NO4. The van der Waals surface area contributed by atoms with E-state index >= 15 is 0 Å². The monoisotopic (exact) mass is 173 g/mol. The van der Waals surface area contributed by atoms with E-state index in [0.717, 1.165) is 0 Å². The minimum Gasteiger partial charge on any atom is -0.480 e. The van der Waals surface area contributed by atoms with Gasteiger partial charge in [-0.05, 0) is 12.8 Å². The molecule has 1 rings (SSSR count). The van der Waals surface area contributed by atoms with Gasteiger partial charge in [0.05, 0.1) is 13.0 Å². The topological polar surface area (TPSA) is 89.6 Å². The molecule has 0 aliphatic heterocycles. The second-order valence-electron chi connectivity index (χ2n) is 3.09. The first kappa shape index (κ1) is 8.99. The third-order valence-corrected chi connectivity index (χ3v) is 2.18. The van der Waals surface area contributed by atoms with Gasteiger partial charge in [-0.1, -0.05) is 0 Å². The third kappa shape index (κ3) is 1.27. The molecule has 5 nitrogen and oxygen atoms in total. The Bertz CT molecular complexity index is 219. The van der Waals surface area contributed by atoms with Crippen LogP contribution < -0.4 is 5.73 Å². The Balaban J connectivity index is 2.47. The Kier molecular flexibility index (Phi) is 2.06. The molecule has 3 N–H and O–H groups in total. The van der Waals surface area contributed by atoms with Crippen molar-refractivity contribution >= 4 is 11.9 Å². The highest BCUT2D eigenvalue weighted by Gasteiger charge is 2.50. The van der Waals surface area contributed by atoms with Crippen LogP contribution in [0.5, 0.6) is 0 Å². The zero-order chi connectivity index (χ0) is 9.35. The summed E-state index contributed by atoms with van der Waals surface area (Å²) in [7, 11) is 1.28. The second-order valence-corrected chi connectivity index (χ2v) is 3.09. The number of esters is 1. The third-order valence-electron chi connectivity index (χ3n) is 2.18. The molecule has 0 aromatic rings. The number of hydrogen-bond acceptors (Lipinski definition) is 4. The molecule has 1 aliphatic carbocycles. The van der Waals surface area contributed by atoms with Crippen LogP contribution in [0.2, 0.25) is 0 Å². The summed E-state index contributed by atoms with van der Waals surface area (Å²) in [5.74, 6) is -1.77. The highest BCUT2D eigenvalue weighted by molar-refractivity contribution is 5.84. The van der Waals surface area contributed by atoms with E-state index < -0.39 is 11.5 Å². The summed E-state index contributed by atoms with van der Waals surface area (Å²) in [4.78, 5) is 21.3. The normalized spacial score (nSPS) is 33.7. The molecule has 0 radical (unpaired) electrons. The van der Waals surface area contributed by atoms with E-state index in [4.69, 9.17) is 10.8 Å². The van der Waals surface area contributed by atoms with Crippen molar-refractivity contribution < 1.29 is 19.4 Å². The van der Waals surface area contributed by atoms with Crippen molar-refractivity contribution in [1.29, 1.82) is 0 Å². The number of methoxy groups -OCH3 is 1. The van der Waals surface area contributed by atoms with Crippen LogP contribution >= 0.6 is 0 Å². The number of aliphatic carboxylic acids is 1. The van der Waals surface area contributed by atoms with Gasteiger partial charge in [0.2, 0.25) is 0 Å². The van der Waals surface area contributed by atoms with E-state index in [1.165, 1.54) is 7.11 Å². The zero-order valence-electron chi connectivity index (χ0n) is 6.74. The lowest BCUT2D eigenvalue weighted by molar-refractivity contribution is -0.158. The van der Waals surface area contributed by atoms with Gasteiger partial charge in [-0.3, -0.25) is 9.59 Å². The second kappa shape index (κ2) is 2.75. The molecular weight excluding hydrogens is 162 g/mol. The molecule has 12 heavy (non-hydrogen) atoms. The molecule has 0 amide bonds. The number of rotatable bonds is 2. The summed E-state index contributed by atoms with van der Waals surface area (Å²) in [6.07, 6.45) is 0.351. The van der Waals surface area contributed by atoms with Crippen LogP contribution in [0.3, 0.4) is 0 Å². The zero-order valence-corrected chi connectivity index (χ0v) is 6.74. The molecule has 0 unspecified atom stereocenters. The summed E-state index contributed by atoms with van der Waals surface area (Å²) >= 11 is 0. The Labute approximate surface area is 69.5 Å². The van der Waals surface area contributed by atoms with Crippen LogP contribution in [0, 0.1) is 5.92 Å². The van der Waals surface area contributed by atoms with Crippen molar-refractivity contribution in [2.75, 3.05) is 7.11 Å². The fourth-order valence-corrected chi connectivity index (χ4v) is 1.33. The van der Waals surface area contributed by atoms with Gasteiger partial charge in [-0.15, -0.1) is 0 Å². The molecule has 1 saturated carbocycles. The lowest BCUT2D eigenvalue weighted by atomic mass is 9.69. The fourth-order valence-electron chi connectivity index (χ4n) is 1.33. The molecule has 0 saturated heterocycles. The Morgan fingerprint density at radius 1 is 1.58 bits per heavy atom. The summed E-state index contributed by atoms with van der Waals surface area (Å²) in [5, 5.41) is 8.59. The van der Waals surface area contributed by atoms with Crippen molar-refractivity contribution in [1.82, 2.24) is 0 Å². The van der Waals surface area contributed by atoms with Gasteiger partial charge in [0, 0.05) is 0 Å². The van der Waals surface area contributed by atoms with E-state index in [1.807, 2.05) is 0 Å².